The van der Waals surface area contributed by atoms with Crippen LogP contribution in [-0.2, 0) is 6.42 Å². The molecule has 5 nitrogen and oxygen atoms in total. The van der Waals surface area contributed by atoms with E-state index in [1.165, 1.54) is 12.1 Å². The Morgan fingerprint density at radius 2 is 1.97 bits per heavy atom. The van der Waals surface area contributed by atoms with E-state index in [1.807, 2.05) is 49.5 Å². The first-order chi connectivity index (χ1) is 15.1. The average molecular weight is 422 g/mol. The Kier molecular flexibility index (Phi) is 6.77. The first-order valence-corrected chi connectivity index (χ1v) is 10.8. The van der Waals surface area contributed by atoms with Gasteiger partial charge in [0.2, 0.25) is 5.76 Å². The molecular formula is C25H28FN3O2. The summed E-state index contributed by atoms with van der Waals surface area (Å²) >= 11 is 0. The molecule has 1 amide bonds. The van der Waals surface area contributed by atoms with Gasteiger partial charge in [0.1, 0.15) is 11.5 Å². The molecule has 0 saturated carbocycles. The maximum Gasteiger partial charge on any atom is 0.292 e. The van der Waals surface area contributed by atoms with Gasteiger partial charge in [0.25, 0.3) is 5.91 Å². The number of carbonyl (C=O) groups excluding carboxylic acids is 1. The summed E-state index contributed by atoms with van der Waals surface area (Å²) in [6, 6.07) is 18.1. The van der Waals surface area contributed by atoms with Crippen molar-refractivity contribution in [1.29, 1.82) is 0 Å². The number of rotatable bonds is 7. The summed E-state index contributed by atoms with van der Waals surface area (Å²) < 4.78 is 18.4. The predicted molar refractivity (Wildman–Crippen MR) is 118 cm³/mol. The van der Waals surface area contributed by atoms with Crippen LogP contribution in [0.15, 0.2) is 65.2 Å². The lowest BCUT2D eigenvalue weighted by Gasteiger charge is -2.34. The van der Waals surface area contributed by atoms with E-state index < -0.39 is 0 Å². The van der Waals surface area contributed by atoms with Crippen LogP contribution in [-0.4, -0.2) is 54.1 Å². The van der Waals surface area contributed by atoms with E-state index in [4.69, 9.17) is 4.52 Å². The quantitative estimate of drug-likeness (QED) is 0.563. The zero-order chi connectivity index (χ0) is 21.6. The van der Waals surface area contributed by atoms with E-state index in [9.17, 15) is 9.18 Å². The van der Waals surface area contributed by atoms with Gasteiger partial charge in [-0.1, -0.05) is 47.6 Å². The topological polar surface area (TPSA) is 49.6 Å². The fraction of sp³-hybridized carbons (Fsp3) is 0.360. The molecule has 0 N–H and O–H groups in total. The molecule has 0 aliphatic carbocycles. The van der Waals surface area contributed by atoms with Crippen LogP contribution in [0.1, 0.15) is 29.0 Å². The number of likely N-dealkylation sites (tertiary alicyclic amines) is 1. The Balaban J connectivity index is 1.29. The van der Waals surface area contributed by atoms with Crippen molar-refractivity contribution in [2.24, 2.45) is 5.92 Å². The first kappa shape index (κ1) is 21.2. The molecule has 1 aromatic heterocycles. The van der Waals surface area contributed by atoms with E-state index >= 15 is 0 Å². The van der Waals surface area contributed by atoms with Crippen LogP contribution in [0.2, 0.25) is 0 Å². The van der Waals surface area contributed by atoms with Crippen LogP contribution in [0.5, 0.6) is 0 Å². The standard InChI is InChI=1S/C25H28FN3O2/c1-28(25(30)24-16-23(27-31-24)21-7-3-2-4-8-21)17-20-6-5-14-29(18-20)15-13-19-9-11-22(26)12-10-19/h2-4,7-12,16,20H,5-6,13-15,17-18H2,1H3. The third-order valence-electron chi connectivity index (χ3n) is 5.90. The first-order valence-electron chi connectivity index (χ1n) is 10.8. The molecule has 1 atom stereocenters. The fourth-order valence-electron chi connectivity index (χ4n) is 4.22. The number of hydrogen-bond acceptors (Lipinski definition) is 4. The predicted octanol–water partition coefficient (Wildman–Crippen LogP) is 4.51. The highest BCUT2D eigenvalue weighted by molar-refractivity contribution is 5.92. The zero-order valence-electron chi connectivity index (χ0n) is 17.8. The SMILES string of the molecule is CN(CC1CCCN(CCc2ccc(F)cc2)C1)C(=O)c1cc(-c2ccccc2)no1. The molecule has 1 unspecified atom stereocenters. The Hall–Kier alpha value is -2.99. The zero-order valence-corrected chi connectivity index (χ0v) is 17.8. The highest BCUT2D eigenvalue weighted by Crippen LogP contribution is 2.21. The molecular weight excluding hydrogens is 393 g/mol. The molecule has 1 fully saturated rings. The highest BCUT2D eigenvalue weighted by Gasteiger charge is 2.25. The third kappa shape index (κ3) is 5.58. The van der Waals surface area contributed by atoms with Crippen LogP contribution >= 0.6 is 0 Å². The van der Waals surface area contributed by atoms with Gasteiger partial charge in [-0.2, -0.15) is 0 Å². The van der Waals surface area contributed by atoms with Crippen molar-refractivity contribution in [2.75, 3.05) is 33.2 Å². The Morgan fingerprint density at radius 1 is 1.19 bits per heavy atom. The number of nitrogens with zero attached hydrogens (tertiary/aromatic N) is 3. The molecule has 0 spiro atoms. The second-order valence-corrected chi connectivity index (χ2v) is 8.31. The Morgan fingerprint density at radius 3 is 2.74 bits per heavy atom. The number of carbonyl (C=O) groups is 1. The van der Waals surface area contributed by atoms with Crippen molar-refractivity contribution < 1.29 is 13.7 Å². The lowest BCUT2D eigenvalue weighted by molar-refractivity contribution is 0.0690. The Labute approximate surface area is 182 Å². The van der Waals surface area contributed by atoms with Crippen LogP contribution in [0, 0.1) is 11.7 Å². The molecule has 6 heteroatoms. The number of amides is 1. The van der Waals surface area contributed by atoms with Crippen LogP contribution in [0.3, 0.4) is 0 Å². The van der Waals surface area contributed by atoms with Crippen molar-refractivity contribution in [3.05, 3.63) is 77.8 Å². The normalized spacial score (nSPS) is 16.9. The Bertz CT molecular complexity index is 988. The molecule has 4 rings (SSSR count). The molecule has 1 aliphatic heterocycles. The van der Waals surface area contributed by atoms with Crippen LogP contribution < -0.4 is 0 Å². The molecule has 0 radical (unpaired) electrons. The minimum absolute atomic E-state index is 0.141. The summed E-state index contributed by atoms with van der Waals surface area (Å²) in [6.45, 7) is 3.66. The maximum atomic E-state index is 13.1. The maximum absolute atomic E-state index is 13.1. The van der Waals surface area contributed by atoms with Gasteiger partial charge in [-0.05, 0) is 49.4 Å². The summed E-state index contributed by atoms with van der Waals surface area (Å²) in [5.74, 6) is 0.355. The minimum Gasteiger partial charge on any atom is -0.350 e. The van der Waals surface area contributed by atoms with E-state index in [-0.39, 0.29) is 17.5 Å². The second-order valence-electron chi connectivity index (χ2n) is 8.31. The number of benzene rings is 2. The van der Waals surface area contributed by atoms with E-state index in [0.29, 0.717) is 18.2 Å². The molecule has 162 valence electrons. The molecule has 2 aromatic carbocycles. The fourth-order valence-corrected chi connectivity index (χ4v) is 4.22. The summed E-state index contributed by atoms with van der Waals surface area (Å²) in [5, 5.41) is 4.05. The molecule has 0 bridgehead atoms. The van der Waals surface area contributed by atoms with Gasteiger partial charge >= 0.3 is 0 Å². The van der Waals surface area contributed by atoms with E-state index in [2.05, 4.69) is 10.1 Å². The van der Waals surface area contributed by atoms with Gasteiger partial charge in [-0.25, -0.2) is 4.39 Å². The summed E-state index contributed by atoms with van der Waals surface area (Å²) in [6.07, 6.45) is 3.13. The van der Waals surface area contributed by atoms with Crippen molar-refractivity contribution in [2.45, 2.75) is 19.3 Å². The van der Waals surface area contributed by atoms with Crippen molar-refractivity contribution in [1.82, 2.24) is 15.0 Å². The van der Waals surface area contributed by atoms with Gasteiger partial charge < -0.3 is 14.3 Å². The van der Waals surface area contributed by atoms with Gasteiger partial charge in [0.05, 0.1) is 0 Å². The summed E-state index contributed by atoms with van der Waals surface area (Å²) in [5.41, 5.74) is 2.74. The molecule has 31 heavy (non-hydrogen) atoms. The number of hydrogen-bond donors (Lipinski definition) is 0. The highest BCUT2D eigenvalue weighted by atomic mass is 19.1. The number of aromatic nitrogens is 1. The number of piperidine rings is 1. The van der Waals surface area contributed by atoms with Crippen molar-refractivity contribution >= 4 is 5.91 Å². The van der Waals surface area contributed by atoms with E-state index in [0.717, 1.165) is 50.0 Å². The third-order valence-corrected chi connectivity index (χ3v) is 5.90. The minimum atomic E-state index is -0.197. The smallest absolute Gasteiger partial charge is 0.292 e. The molecule has 3 aromatic rings. The average Bonchev–Trinajstić information content (AvgIpc) is 3.29. The van der Waals surface area contributed by atoms with Gasteiger partial charge in [0, 0.05) is 38.3 Å². The van der Waals surface area contributed by atoms with Crippen LogP contribution in [0.25, 0.3) is 11.3 Å². The molecule has 1 aliphatic rings. The van der Waals surface area contributed by atoms with Gasteiger partial charge in [-0.3, -0.25) is 4.79 Å². The van der Waals surface area contributed by atoms with Crippen molar-refractivity contribution in [3.8, 4) is 11.3 Å². The lowest BCUT2D eigenvalue weighted by Crippen LogP contribution is -2.42. The largest absolute Gasteiger partial charge is 0.350 e. The van der Waals surface area contributed by atoms with Crippen LogP contribution in [0.4, 0.5) is 4.39 Å². The summed E-state index contributed by atoms with van der Waals surface area (Å²) in [4.78, 5) is 17.0. The number of halogens is 1. The van der Waals surface area contributed by atoms with Crippen molar-refractivity contribution in [3.63, 3.8) is 0 Å². The van der Waals surface area contributed by atoms with Gasteiger partial charge in [-0.15, -0.1) is 0 Å². The lowest BCUT2D eigenvalue weighted by atomic mass is 9.97. The second kappa shape index (κ2) is 9.88. The van der Waals surface area contributed by atoms with E-state index in [1.54, 1.807) is 11.0 Å². The molecule has 2 heterocycles. The monoisotopic (exact) mass is 421 g/mol. The summed E-state index contributed by atoms with van der Waals surface area (Å²) in [7, 11) is 1.82. The molecule has 1 saturated heterocycles. The van der Waals surface area contributed by atoms with Gasteiger partial charge in [0.15, 0.2) is 0 Å².